The summed E-state index contributed by atoms with van der Waals surface area (Å²) in [6.45, 7) is 13.3. The van der Waals surface area contributed by atoms with Crippen molar-refractivity contribution in [3.05, 3.63) is 0 Å². The summed E-state index contributed by atoms with van der Waals surface area (Å²) in [6, 6.07) is 0. The molecule has 0 saturated heterocycles. The molecule has 0 N–H and O–H groups in total. The molecule has 1 aliphatic carbocycles. The molecule has 1 saturated carbocycles. The molecule has 0 spiro atoms. The van der Waals surface area contributed by atoms with Gasteiger partial charge in [-0.25, -0.2) is 0 Å². The standard InChI is InChI=1S/C13H24O/c1-7-12(3,4)9-10(11(9)14)13(5,6)8-2/h9-10H,7-8H2,1-6H3/t9-,10+. The monoisotopic (exact) mass is 196 g/mol. The second kappa shape index (κ2) is 3.36. The maximum atomic E-state index is 11.8. The van der Waals surface area contributed by atoms with Crippen molar-refractivity contribution in [3.63, 3.8) is 0 Å². The summed E-state index contributed by atoms with van der Waals surface area (Å²) < 4.78 is 0. The van der Waals surface area contributed by atoms with Crippen LogP contribution >= 0.6 is 0 Å². The lowest BCUT2D eigenvalue weighted by Crippen LogP contribution is -2.20. The Labute approximate surface area is 88.3 Å². The van der Waals surface area contributed by atoms with Crippen LogP contribution in [0.3, 0.4) is 0 Å². The van der Waals surface area contributed by atoms with Gasteiger partial charge in [-0.3, -0.25) is 4.79 Å². The zero-order valence-electron chi connectivity index (χ0n) is 10.5. The van der Waals surface area contributed by atoms with E-state index < -0.39 is 0 Å². The Morgan fingerprint density at radius 1 is 0.929 bits per heavy atom. The second-order valence-electron chi connectivity index (χ2n) is 6.04. The molecule has 0 bridgehead atoms. The van der Waals surface area contributed by atoms with Crippen LogP contribution in [0.5, 0.6) is 0 Å². The summed E-state index contributed by atoms with van der Waals surface area (Å²) in [6.07, 6.45) is 2.19. The normalized spacial score (nSPS) is 28.0. The predicted octanol–water partition coefficient (Wildman–Crippen LogP) is 3.67. The van der Waals surface area contributed by atoms with E-state index in [0.717, 1.165) is 12.8 Å². The molecule has 0 radical (unpaired) electrons. The van der Waals surface area contributed by atoms with E-state index in [-0.39, 0.29) is 10.8 Å². The minimum Gasteiger partial charge on any atom is -0.299 e. The van der Waals surface area contributed by atoms with E-state index in [1.165, 1.54) is 0 Å². The first kappa shape index (κ1) is 11.7. The highest BCUT2D eigenvalue weighted by atomic mass is 16.1. The highest BCUT2D eigenvalue weighted by Gasteiger charge is 2.61. The highest BCUT2D eigenvalue weighted by molar-refractivity contribution is 6.00. The van der Waals surface area contributed by atoms with E-state index in [1.807, 2.05) is 0 Å². The Morgan fingerprint density at radius 2 is 1.21 bits per heavy atom. The summed E-state index contributed by atoms with van der Waals surface area (Å²) in [4.78, 5) is 11.8. The molecule has 2 atom stereocenters. The van der Waals surface area contributed by atoms with Gasteiger partial charge < -0.3 is 0 Å². The quantitative estimate of drug-likeness (QED) is 0.670. The molecular formula is C13H24O. The van der Waals surface area contributed by atoms with Crippen molar-refractivity contribution < 1.29 is 4.79 Å². The summed E-state index contributed by atoms with van der Waals surface area (Å²) in [5.74, 6) is 1.15. The van der Waals surface area contributed by atoms with Crippen LogP contribution in [0, 0.1) is 22.7 Å². The average molecular weight is 196 g/mol. The summed E-state index contributed by atoms with van der Waals surface area (Å²) in [5, 5.41) is 0. The van der Waals surface area contributed by atoms with E-state index in [0.29, 0.717) is 17.6 Å². The van der Waals surface area contributed by atoms with Crippen LogP contribution < -0.4 is 0 Å². The molecule has 0 unspecified atom stereocenters. The first-order valence-electron chi connectivity index (χ1n) is 5.81. The number of carbonyl (C=O) groups is 1. The molecule has 0 aromatic rings. The molecule has 1 nitrogen and oxygen atoms in total. The molecule has 1 aliphatic rings. The fourth-order valence-electron chi connectivity index (χ4n) is 2.35. The van der Waals surface area contributed by atoms with Crippen LogP contribution in [0.25, 0.3) is 0 Å². The molecule has 0 aliphatic heterocycles. The van der Waals surface area contributed by atoms with Crippen LogP contribution in [0.4, 0.5) is 0 Å². The molecule has 82 valence electrons. The molecular weight excluding hydrogens is 172 g/mol. The lowest BCUT2D eigenvalue weighted by molar-refractivity contribution is -0.113. The van der Waals surface area contributed by atoms with Crippen molar-refractivity contribution in [1.82, 2.24) is 0 Å². The van der Waals surface area contributed by atoms with Crippen molar-refractivity contribution in [2.75, 3.05) is 0 Å². The van der Waals surface area contributed by atoms with Crippen molar-refractivity contribution in [1.29, 1.82) is 0 Å². The lowest BCUT2D eigenvalue weighted by atomic mass is 9.77. The Balaban J connectivity index is 2.77. The fourth-order valence-corrected chi connectivity index (χ4v) is 2.35. The third-order valence-electron chi connectivity index (χ3n) is 4.34. The third-order valence-corrected chi connectivity index (χ3v) is 4.34. The summed E-state index contributed by atoms with van der Waals surface area (Å²) >= 11 is 0. The van der Waals surface area contributed by atoms with Crippen LogP contribution in [0.15, 0.2) is 0 Å². The summed E-state index contributed by atoms with van der Waals surface area (Å²) in [7, 11) is 0. The van der Waals surface area contributed by atoms with Gasteiger partial charge in [-0.1, -0.05) is 54.4 Å². The number of carbonyl (C=O) groups excluding carboxylic acids is 1. The number of hydrogen-bond donors (Lipinski definition) is 0. The first-order chi connectivity index (χ1) is 6.28. The Morgan fingerprint density at radius 3 is 1.43 bits per heavy atom. The second-order valence-corrected chi connectivity index (χ2v) is 6.04. The predicted molar refractivity (Wildman–Crippen MR) is 60.1 cm³/mol. The zero-order chi connectivity index (χ0) is 11.1. The van der Waals surface area contributed by atoms with Gasteiger partial charge in [0.1, 0.15) is 5.78 Å². The maximum Gasteiger partial charge on any atom is 0.141 e. The number of rotatable bonds is 4. The van der Waals surface area contributed by atoms with E-state index in [1.54, 1.807) is 0 Å². The maximum absolute atomic E-state index is 11.8. The average Bonchev–Trinajstić information content (AvgIpc) is 2.79. The van der Waals surface area contributed by atoms with Crippen LogP contribution in [0.2, 0.25) is 0 Å². The van der Waals surface area contributed by atoms with Gasteiger partial charge in [-0.05, 0) is 10.8 Å². The van der Waals surface area contributed by atoms with Gasteiger partial charge in [-0.2, -0.15) is 0 Å². The minimum atomic E-state index is 0.203. The minimum absolute atomic E-state index is 0.203. The number of hydrogen-bond acceptors (Lipinski definition) is 1. The van der Waals surface area contributed by atoms with Gasteiger partial charge in [0.2, 0.25) is 0 Å². The highest BCUT2D eigenvalue weighted by Crippen LogP contribution is 2.57. The Hall–Kier alpha value is -0.330. The Bertz CT molecular complexity index is 214. The van der Waals surface area contributed by atoms with Gasteiger partial charge in [0.25, 0.3) is 0 Å². The van der Waals surface area contributed by atoms with E-state index in [4.69, 9.17) is 0 Å². The van der Waals surface area contributed by atoms with Crippen LogP contribution in [0.1, 0.15) is 54.4 Å². The van der Waals surface area contributed by atoms with Gasteiger partial charge >= 0.3 is 0 Å². The molecule has 1 rings (SSSR count). The van der Waals surface area contributed by atoms with Gasteiger partial charge in [-0.15, -0.1) is 0 Å². The molecule has 0 aromatic carbocycles. The molecule has 14 heavy (non-hydrogen) atoms. The molecule has 0 aromatic heterocycles. The SMILES string of the molecule is CCC(C)(C)[C@@H]1C(=O)[C@@H]1C(C)(C)CC. The van der Waals surface area contributed by atoms with Gasteiger partial charge in [0, 0.05) is 11.8 Å². The van der Waals surface area contributed by atoms with Gasteiger partial charge in [0.05, 0.1) is 0 Å². The molecule has 0 amide bonds. The van der Waals surface area contributed by atoms with Crippen molar-refractivity contribution in [2.24, 2.45) is 22.7 Å². The summed E-state index contributed by atoms with van der Waals surface area (Å²) in [5.41, 5.74) is 0.405. The molecule has 1 fully saturated rings. The molecule has 0 heterocycles. The van der Waals surface area contributed by atoms with Gasteiger partial charge in [0.15, 0.2) is 0 Å². The van der Waals surface area contributed by atoms with Crippen LogP contribution in [-0.2, 0) is 4.79 Å². The van der Waals surface area contributed by atoms with E-state index >= 15 is 0 Å². The largest absolute Gasteiger partial charge is 0.299 e. The third kappa shape index (κ3) is 1.74. The first-order valence-corrected chi connectivity index (χ1v) is 5.81. The van der Waals surface area contributed by atoms with Crippen LogP contribution in [-0.4, -0.2) is 5.78 Å². The number of ketones is 1. The van der Waals surface area contributed by atoms with Crippen molar-refractivity contribution in [2.45, 2.75) is 54.4 Å². The number of Topliss-reactive ketones (excluding diaryl/α,β-unsaturated/α-hetero) is 1. The Kier molecular flexibility index (Phi) is 2.82. The molecule has 1 heteroatoms. The fraction of sp³-hybridized carbons (Fsp3) is 0.923. The zero-order valence-corrected chi connectivity index (χ0v) is 10.5. The lowest BCUT2D eigenvalue weighted by Gasteiger charge is -2.27. The van der Waals surface area contributed by atoms with E-state index in [9.17, 15) is 4.79 Å². The smallest absolute Gasteiger partial charge is 0.141 e. The van der Waals surface area contributed by atoms with Crippen molar-refractivity contribution in [3.8, 4) is 0 Å². The topological polar surface area (TPSA) is 17.1 Å². The van der Waals surface area contributed by atoms with Crippen molar-refractivity contribution >= 4 is 5.78 Å². The van der Waals surface area contributed by atoms with E-state index in [2.05, 4.69) is 41.5 Å².